The number of nitrogens with zero attached hydrogens (tertiary/aromatic N) is 3. The third kappa shape index (κ3) is 5.80. The van der Waals surface area contributed by atoms with Crippen molar-refractivity contribution < 1.29 is 23.6 Å². The molecule has 1 atom stereocenters. The Labute approximate surface area is 215 Å². The number of urea groups is 1. The van der Waals surface area contributed by atoms with E-state index in [9.17, 15) is 23.6 Å². The summed E-state index contributed by atoms with van der Waals surface area (Å²) >= 11 is 0. The number of hydrogen-bond acceptors (Lipinski definition) is 5. The van der Waals surface area contributed by atoms with Crippen LogP contribution in [0.4, 0.5) is 14.9 Å². The second-order valence-electron chi connectivity index (χ2n) is 9.59. The lowest BCUT2D eigenvalue weighted by molar-refractivity contribution is -0.133. The number of amides is 5. The molecular formula is C27H32FN5O4. The van der Waals surface area contributed by atoms with Crippen molar-refractivity contribution in [2.75, 3.05) is 38.1 Å². The molecule has 0 bridgehead atoms. The van der Waals surface area contributed by atoms with Gasteiger partial charge in [-0.15, -0.1) is 0 Å². The quantitative estimate of drug-likeness (QED) is 0.617. The van der Waals surface area contributed by atoms with Crippen molar-refractivity contribution in [3.05, 3.63) is 65.5 Å². The lowest BCUT2D eigenvalue weighted by Crippen LogP contribution is -2.45. The van der Waals surface area contributed by atoms with Gasteiger partial charge in [-0.05, 0) is 55.8 Å². The molecule has 2 aromatic carbocycles. The zero-order chi connectivity index (χ0) is 26.6. The number of hydrogen-bond donors (Lipinski definition) is 2. The molecular weight excluding hydrogens is 477 g/mol. The molecule has 10 heteroatoms. The first-order valence-electron chi connectivity index (χ1n) is 12.4. The standard InChI is InChI=1S/C27H32FN5O4/c1-19(34)33-15-5-14-31(2)16-17-32(18-20-6-3-4-7-23(20)33)24(35)12-13-27(25(36)29-26(37)30-27)21-8-10-22(28)11-9-21/h3-4,6-11H,5,12-18H2,1-2H3,(H2,29,30,36,37). The fourth-order valence-corrected chi connectivity index (χ4v) is 4.96. The third-order valence-corrected chi connectivity index (χ3v) is 7.04. The van der Waals surface area contributed by atoms with Crippen molar-refractivity contribution in [1.82, 2.24) is 20.4 Å². The molecule has 2 aliphatic rings. The number of fused-ring (bicyclic) bond motifs is 1. The van der Waals surface area contributed by atoms with E-state index >= 15 is 0 Å². The van der Waals surface area contributed by atoms with Crippen molar-refractivity contribution >= 4 is 29.4 Å². The predicted molar refractivity (Wildman–Crippen MR) is 136 cm³/mol. The number of benzene rings is 2. The van der Waals surface area contributed by atoms with E-state index in [-0.39, 0.29) is 24.7 Å². The van der Waals surface area contributed by atoms with Gasteiger partial charge in [-0.3, -0.25) is 19.7 Å². The minimum Gasteiger partial charge on any atom is -0.337 e. The minimum absolute atomic E-state index is 0.0165. The van der Waals surface area contributed by atoms with E-state index in [4.69, 9.17) is 0 Å². The zero-order valence-corrected chi connectivity index (χ0v) is 21.1. The van der Waals surface area contributed by atoms with Gasteiger partial charge in [0.25, 0.3) is 5.91 Å². The SMILES string of the molecule is CC(=O)N1CCCN(C)CCN(C(=O)CCC2(c3ccc(F)cc3)NC(=O)NC2=O)Cc2ccccc21. The van der Waals surface area contributed by atoms with Crippen molar-refractivity contribution in [2.45, 2.75) is 38.3 Å². The molecule has 2 aromatic rings. The van der Waals surface area contributed by atoms with Crippen LogP contribution in [-0.4, -0.2) is 66.8 Å². The van der Waals surface area contributed by atoms with Crippen molar-refractivity contribution in [2.24, 2.45) is 0 Å². The van der Waals surface area contributed by atoms with E-state index in [0.29, 0.717) is 31.7 Å². The Balaban J connectivity index is 1.59. The maximum absolute atomic E-state index is 13.6. The first-order valence-corrected chi connectivity index (χ1v) is 12.4. The highest BCUT2D eigenvalue weighted by Gasteiger charge is 2.47. The average molecular weight is 510 g/mol. The van der Waals surface area contributed by atoms with Crippen LogP contribution in [0, 0.1) is 5.82 Å². The molecule has 0 aliphatic carbocycles. The van der Waals surface area contributed by atoms with Gasteiger partial charge in [0, 0.05) is 45.2 Å². The van der Waals surface area contributed by atoms with Gasteiger partial charge in [-0.2, -0.15) is 0 Å². The second-order valence-corrected chi connectivity index (χ2v) is 9.59. The number of imide groups is 1. The average Bonchev–Trinajstić information content (AvgIpc) is 3.15. The summed E-state index contributed by atoms with van der Waals surface area (Å²) in [6, 6.07) is 12.2. The summed E-state index contributed by atoms with van der Waals surface area (Å²) in [4.78, 5) is 56.5. The van der Waals surface area contributed by atoms with E-state index in [1.807, 2.05) is 31.3 Å². The first-order chi connectivity index (χ1) is 17.7. The summed E-state index contributed by atoms with van der Waals surface area (Å²) in [5.74, 6) is -1.29. The molecule has 0 radical (unpaired) electrons. The molecule has 0 spiro atoms. The smallest absolute Gasteiger partial charge is 0.322 e. The van der Waals surface area contributed by atoms with Crippen LogP contribution in [0.5, 0.6) is 0 Å². The highest BCUT2D eigenvalue weighted by molar-refractivity contribution is 6.07. The summed E-state index contributed by atoms with van der Waals surface area (Å²) < 4.78 is 13.5. The van der Waals surface area contributed by atoms with Gasteiger partial charge in [-0.25, -0.2) is 9.18 Å². The number of carbonyl (C=O) groups is 4. The maximum Gasteiger partial charge on any atom is 0.322 e. The molecule has 4 rings (SSSR count). The topological polar surface area (TPSA) is 102 Å². The van der Waals surface area contributed by atoms with E-state index in [1.165, 1.54) is 24.3 Å². The highest BCUT2D eigenvalue weighted by Crippen LogP contribution is 2.31. The number of halogens is 1. The summed E-state index contributed by atoms with van der Waals surface area (Å²) in [6.45, 7) is 4.31. The van der Waals surface area contributed by atoms with Crippen LogP contribution >= 0.6 is 0 Å². The molecule has 2 heterocycles. The van der Waals surface area contributed by atoms with Gasteiger partial charge in [0.15, 0.2) is 0 Å². The van der Waals surface area contributed by atoms with E-state index in [0.717, 1.165) is 24.2 Å². The van der Waals surface area contributed by atoms with Crippen molar-refractivity contribution in [1.29, 1.82) is 0 Å². The van der Waals surface area contributed by atoms with Crippen LogP contribution in [0.2, 0.25) is 0 Å². The van der Waals surface area contributed by atoms with Gasteiger partial charge >= 0.3 is 6.03 Å². The van der Waals surface area contributed by atoms with Crippen LogP contribution in [0.25, 0.3) is 0 Å². The molecule has 37 heavy (non-hydrogen) atoms. The Kier molecular flexibility index (Phi) is 7.87. The Morgan fingerprint density at radius 3 is 2.41 bits per heavy atom. The molecule has 9 nitrogen and oxygen atoms in total. The molecule has 1 saturated heterocycles. The predicted octanol–water partition coefficient (Wildman–Crippen LogP) is 2.36. The van der Waals surface area contributed by atoms with E-state index in [1.54, 1.807) is 16.7 Å². The summed E-state index contributed by atoms with van der Waals surface area (Å²) in [5, 5.41) is 4.90. The molecule has 1 fully saturated rings. The fourth-order valence-electron chi connectivity index (χ4n) is 4.96. The van der Waals surface area contributed by atoms with Gasteiger partial charge in [-0.1, -0.05) is 30.3 Å². The van der Waals surface area contributed by atoms with Gasteiger partial charge < -0.3 is 20.0 Å². The van der Waals surface area contributed by atoms with Crippen LogP contribution < -0.4 is 15.5 Å². The van der Waals surface area contributed by atoms with Gasteiger partial charge in [0.05, 0.1) is 0 Å². The molecule has 0 saturated carbocycles. The van der Waals surface area contributed by atoms with Crippen LogP contribution in [0.3, 0.4) is 0 Å². The molecule has 5 amide bonds. The fraction of sp³-hybridized carbons (Fsp3) is 0.407. The summed E-state index contributed by atoms with van der Waals surface area (Å²) in [7, 11) is 1.98. The molecule has 2 aliphatic heterocycles. The zero-order valence-electron chi connectivity index (χ0n) is 21.1. The Morgan fingerprint density at radius 1 is 1.00 bits per heavy atom. The Morgan fingerprint density at radius 2 is 1.73 bits per heavy atom. The molecule has 196 valence electrons. The molecule has 0 aromatic heterocycles. The summed E-state index contributed by atoms with van der Waals surface area (Å²) in [5.41, 5.74) is 0.581. The third-order valence-electron chi connectivity index (χ3n) is 7.04. The normalized spacial score (nSPS) is 21.1. The number of anilines is 1. The number of rotatable bonds is 4. The van der Waals surface area contributed by atoms with Crippen LogP contribution in [0.15, 0.2) is 48.5 Å². The highest BCUT2D eigenvalue weighted by atomic mass is 19.1. The maximum atomic E-state index is 13.6. The van der Waals surface area contributed by atoms with Gasteiger partial charge in [0.2, 0.25) is 11.8 Å². The Bertz CT molecular complexity index is 1190. The minimum atomic E-state index is -1.46. The number of para-hydroxylation sites is 1. The first kappa shape index (κ1) is 26.3. The second kappa shape index (κ2) is 11.1. The monoisotopic (exact) mass is 509 g/mol. The van der Waals surface area contributed by atoms with Crippen LogP contribution in [0.1, 0.15) is 37.3 Å². The number of likely N-dealkylation sites (N-methyl/N-ethyl adjacent to an activating group) is 1. The Hall–Kier alpha value is -3.79. The van der Waals surface area contributed by atoms with Gasteiger partial charge in [0.1, 0.15) is 11.4 Å². The van der Waals surface area contributed by atoms with E-state index in [2.05, 4.69) is 15.5 Å². The summed E-state index contributed by atoms with van der Waals surface area (Å²) in [6.07, 6.45) is 0.795. The van der Waals surface area contributed by atoms with Crippen molar-refractivity contribution in [3.63, 3.8) is 0 Å². The molecule has 1 unspecified atom stereocenters. The molecule has 2 N–H and O–H groups in total. The van der Waals surface area contributed by atoms with Crippen molar-refractivity contribution in [3.8, 4) is 0 Å². The number of nitrogens with one attached hydrogen (secondary N) is 2. The largest absolute Gasteiger partial charge is 0.337 e. The number of carbonyl (C=O) groups excluding carboxylic acids is 4. The van der Waals surface area contributed by atoms with Crippen LogP contribution in [-0.2, 0) is 26.5 Å². The lowest BCUT2D eigenvalue weighted by Gasteiger charge is -2.30. The lowest BCUT2D eigenvalue weighted by atomic mass is 9.85. The van der Waals surface area contributed by atoms with E-state index < -0.39 is 23.3 Å².